The first kappa shape index (κ1) is 25.4. The molecule has 2 heterocycles. The number of fused-ring (bicyclic) bond motifs is 1. The molecule has 1 amide bonds. The van der Waals surface area contributed by atoms with Gasteiger partial charge in [0.25, 0.3) is 5.91 Å². The first-order chi connectivity index (χ1) is 18.5. The van der Waals surface area contributed by atoms with Gasteiger partial charge in [-0.05, 0) is 43.7 Å². The number of amides is 1. The number of nitrogens with zero attached hydrogens (tertiary/aromatic N) is 3. The molecule has 1 aliphatic rings. The fourth-order valence-corrected chi connectivity index (χ4v) is 4.28. The van der Waals surface area contributed by atoms with Crippen molar-refractivity contribution in [3.63, 3.8) is 0 Å². The van der Waals surface area contributed by atoms with Gasteiger partial charge in [0.2, 0.25) is 11.8 Å². The average molecular weight is 516 g/mol. The number of carbonyl (C=O) groups is 1. The molecule has 1 saturated heterocycles. The van der Waals surface area contributed by atoms with Gasteiger partial charge in [0, 0.05) is 59.1 Å². The second kappa shape index (κ2) is 11.4. The minimum atomic E-state index is -0.459. The van der Waals surface area contributed by atoms with Gasteiger partial charge in [0.05, 0.1) is 13.2 Å². The molecular formula is C29H30FN5O3. The predicted molar refractivity (Wildman–Crippen MR) is 147 cm³/mol. The van der Waals surface area contributed by atoms with Crippen molar-refractivity contribution in [2.75, 3.05) is 41.8 Å². The SMILES string of the molecule is CCC(C)Nc1nccc(Oc2ccc(NC(=O)c3cc(F)cc(N4CCOCC4)c3)c3ccccc23)n1. The molecule has 1 unspecified atom stereocenters. The van der Waals surface area contributed by atoms with Crippen molar-refractivity contribution in [2.24, 2.45) is 0 Å². The molecule has 1 atom stereocenters. The van der Waals surface area contributed by atoms with E-state index in [4.69, 9.17) is 9.47 Å². The molecule has 196 valence electrons. The molecule has 1 aliphatic heterocycles. The van der Waals surface area contributed by atoms with E-state index in [0.717, 1.165) is 17.2 Å². The van der Waals surface area contributed by atoms with E-state index in [-0.39, 0.29) is 11.6 Å². The van der Waals surface area contributed by atoms with E-state index in [2.05, 4.69) is 34.4 Å². The smallest absolute Gasteiger partial charge is 0.255 e. The summed E-state index contributed by atoms with van der Waals surface area (Å²) >= 11 is 0. The summed E-state index contributed by atoms with van der Waals surface area (Å²) in [7, 11) is 0. The number of carbonyl (C=O) groups excluding carboxylic acids is 1. The zero-order chi connectivity index (χ0) is 26.5. The van der Waals surface area contributed by atoms with Gasteiger partial charge in [0.15, 0.2) is 0 Å². The lowest BCUT2D eigenvalue weighted by Crippen LogP contribution is -2.36. The second-order valence-corrected chi connectivity index (χ2v) is 9.18. The van der Waals surface area contributed by atoms with Crippen molar-refractivity contribution in [3.05, 3.63) is 78.2 Å². The monoisotopic (exact) mass is 515 g/mol. The van der Waals surface area contributed by atoms with Gasteiger partial charge in [-0.2, -0.15) is 4.98 Å². The Labute approximate surface area is 220 Å². The van der Waals surface area contributed by atoms with Crippen LogP contribution >= 0.6 is 0 Å². The molecule has 0 aliphatic carbocycles. The van der Waals surface area contributed by atoms with Gasteiger partial charge in [-0.1, -0.05) is 31.2 Å². The third-order valence-electron chi connectivity index (χ3n) is 6.49. The first-order valence-electron chi connectivity index (χ1n) is 12.7. The Morgan fingerprint density at radius 1 is 1.11 bits per heavy atom. The zero-order valence-corrected chi connectivity index (χ0v) is 21.4. The standard InChI is InChI=1S/C29H30FN5O3/c1-3-19(2)32-29-31-11-10-27(34-29)38-26-9-8-25(23-6-4-5-7-24(23)26)33-28(36)20-16-21(30)18-22(17-20)35-12-14-37-15-13-35/h4-11,16-19H,3,12-15H2,1-2H3,(H,33,36)(H,31,32,34). The number of halogens is 1. The Morgan fingerprint density at radius 2 is 1.89 bits per heavy atom. The van der Waals surface area contributed by atoms with Crippen molar-refractivity contribution >= 4 is 34.0 Å². The summed E-state index contributed by atoms with van der Waals surface area (Å²) in [5.74, 6) is 0.640. The summed E-state index contributed by atoms with van der Waals surface area (Å²) < 4.78 is 26.0. The lowest BCUT2D eigenvalue weighted by atomic mass is 10.1. The first-order valence-corrected chi connectivity index (χ1v) is 12.7. The molecule has 9 heteroatoms. The van der Waals surface area contributed by atoms with Crippen LogP contribution < -0.4 is 20.3 Å². The molecule has 2 N–H and O–H groups in total. The summed E-state index contributed by atoms with van der Waals surface area (Å²) in [5.41, 5.74) is 1.51. The highest BCUT2D eigenvalue weighted by atomic mass is 19.1. The molecule has 1 aromatic heterocycles. The molecule has 0 saturated carbocycles. The van der Waals surface area contributed by atoms with Crippen LogP contribution in [0.1, 0.15) is 30.6 Å². The fraction of sp³-hybridized carbons (Fsp3) is 0.276. The number of anilines is 3. The van der Waals surface area contributed by atoms with Crippen LogP contribution in [0.15, 0.2) is 66.9 Å². The second-order valence-electron chi connectivity index (χ2n) is 9.18. The molecule has 0 radical (unpaired) electrons. The lowest BCUT2D eigenvalue weighted by Gasteiger charge is -2.29. The van der Waals surface area contributed by atoms with Gasteiger partial charge in [-0.15, -0.1) is 0 Å². The van der Waals surface area contributed by atoms with Gasteiger partial charge in [-0.3, -0.25) is 4.79 Å². The van der Waals surface area contributed by atoms with E-state index in [1.807, 2.05) is 29.2 Å². The van der Waals surface area contributed by atoms with Crippen LogP contribution in [0.2, 0.25) is 0 Å². The molecule has 38 heavy (non-hydrogen) atoms. The third-order valence-corrected chi connectivity index (χ3v) is 6.49. The van der Waals surface area contributed by atoms with E-state index < -0.39 is 11.7 Å². The number of hydrogen-bond acceptors (Lipinski definition) is 7. The Morgan fingerprint density at radius 3 is 2.68 bits per heavy atom. The van der Waals surface area contributed by atoms with Crippen LogP contribution in [0, 0.1) is 5.82 Å². The van der Waals surface area contributed by atoms with Crippen molar-refractivity contribution < 1.29 is 18.7 Å². The molecule has 0 spiro atoms. The van der Waals surface area contributed by atoms with E-state index >= 15 is 0 Å². The Bertz CT molecular complexity index is 1440. The predicted octanol–water partition coefficient (Wildman–Crippen LogP) is 5.86. The zero-order valence-electron chi connectivity index (χ0n) is 21.4. The molecular weight excluding hydrogens is 485 g/mol. The van der Waals surface area contributed by atoms with Gasteiger partial charge in [-0.25, -0.2) is 9.37 Å². The Hall–Kier alpha value is -4.24. The number of morpholine rings is 1. The van der Waals surface area contributed by atoms with Crippen LogP contribution in [0.5, 0.6) is 11.6 Å². The minimum absolute atomic E-state index is 0.233. The van der Waals surface area contributed by atoms with E-state index in [0.29, 0.717) is 55.3 Å². The minimum Gasteiger partial charge on any atom is -0.438 e. The maximum atomic E-state index is 14.4. The van der Waals surface area contributed by atoms with Crippen LogP contribution in [-0.4, -0.2) is 48.2 Å². The molecule has 5 rings (SSSR count). The molecule has 3 aromatic carbocycles. The van der Waals surface area contributed by atoms with E-state index in [1.165, 1.54) is 12.1 Å². The maximum Gasteiger partial charge on any atom is 0.255 e. The summed E-state index contributed by atoms with van der Waals surface area (Å²) in [5, 5.41) is 7.78. The molecule has 4 aromatic rings. The quantitative estimate of drug-likeness (QED) is 0.304. The van der Waals surface area contributed by atoms with Crippen molar-refractivity contribution in [2.45, 2.75) is 26.3 Å². The third kappa shape index (κ3) is 5.84. The lowest BCUT2D eigenvalue weighted by molar-refractivity contribution is 0.102. The number of benzene rings is 3. The maximum absolute atomic E-state index is 14.4. The summed E-state index contributed by atoms with van der Waals surface area (Å²) in [4.78, 5) is 23.9. The highest BCUT2D eigenvalue weighted by Crippen LogP contribution is 2.34. The van der Waals surface area contributed by atoms with Gasteiger partial charge >= 0.3 is 0 Å². The summed E-state index contributed by atoms with van der Waals surface area (Å²) in [6.07, 6.45) is 2.59. The van der Waals surface area contributed by atoms with E-state index in [1.54, 1.807) is 30.5 Å². The highest BCUT2D eigenvalue weighted by Gasteiger charge is 2.17. The topological polar surface area (TPSA) is 88.6 Å². The van der Waals surface area contributed by atoms with Gasteiger partial charge < -0.3 is 25.0 Å². The van der Waals surface area contributed by atoms with Crippen LogP contribution in [0.4, 0.5) is 21.7 Å². The fourth-order valence-electron chi connectivity index (χ4n) is 4.28. The Balaban J connectivity index is 1.39. The number of hydrogen-bond donors (Lipinski definition) is 2. The van der Waals surface area contributed by atoms with Gasteiger partial charge in [0.1, 0.15) is 11.6 Å². The van der Waals surface area contributed by atoms with Crippen LogP contribution in [-0.2, 0) is 4.74 Å². The van der Waals surface area contributed by atoms with Crippen molar-refractivity contribution in [3.8, 4) is 11.6 Å². The van der Waals surface area contributed by atoms with E-state index in [9.17, 15) is 9.18 Å². The highest BCUT2D eigenvalue weighted by molar-refractivity contribution is 6.10. The van der Waals surface area contributed by atoms with Crippen molar-refractivity contribution in [1.29, 1.82) is 0 Å². The van der Waals surface area contributed by atoms with Crippen LogP contribution in [0.3, 0.4) is 0 Å². The normalized spacial score (nSPS) is 14.2. The Kier molecular flexibility index (Phi) is 7.65. The van der Waals surface area contributed by atoms with Crippen LogP contribution in [0.25, 0.3) is 10.8 Å². The largest absolute Gasteiger partial charge is 0.438 e. The average Bonchev–Trinajstić information content (AvgIpc) is 2.94. The summed E-state index contributed by atoms with van der Waals surface area (Å²) in [6.45, 7) is 6.59. The molecule has 1 fully saturated rings. The number of ether oxygens (including phenoxy) is 2. The number of aromatic nitrogens is 2. The number of nitrogens with one attached hydrogen (secondary N) is 2. The number of rotatable bonds is 8. The summed E-state index contributed by atoms with van der Waals surface area (Å²) in [6, 6.07) is 17.5. The molecule has 8 nitrogen and oxygen atoms in total. The van der Waals surface area contributed by atoms with Crippen molar-refractivity contribution in [1.82, 2.24) is 9.97 Å². The molecule has 0 bridgehead atoms.